The minimum absolute atomic E-state index is 0.108. The number of pyridine rings is 2. The molecule has 0 fully saturated rings. The van der Waals surface area contributed by atoms with Crippen LogP contribution in [0, 0.1) is 13.8 Å². The number of fused-ring (bicyclic) bond motifs is 1. The zero-order valence-corrected chi connectivity index (χ0v) is 19.2. The van der Waals surface area contributed by atoms with E-state index in [-0.39, 0.29) is 27.1 Å². The number of rotatable bonds is 6. The van der Waals surface area contributed by atoms with E-state index in [4.69, 9.17) is 9.47 Å². The van der Waals surface area contributed by atoms with Crippen molar-refractivity contribution in [2.24, 2.45) is 0 Å². The van der Waals surface area contributed by atoms with Crippen molar-refractivity contribution < 1.29 is 17.9 Å². The predicted octanol–water partition coefficient (Wildman–Crippen LogP) is 2.65. The average Bonchev–Trinajstić information content (AvgIpc) is 3.12. The van der Waals surface area contributed by atoms with Gasteiger partial charge in [0.15, 0.2) is 4.21 Å². The first-order chi connectivity index (χ1) is 15.2. The summed E-state index contributed by atoms with van der Waals surface area (Å²) < 4.78 is 40.2. The molecule has 0 aromatic carbocycles. The van der Waals surface area contributed by atoms with Gasteiger partial charge in [-0.3, -0.25) is 13.9 Å². The Bertz CT molecular complexity index is 1490. The number of aromatic nitrogens is 4. The molecule has 166 valence electrons. The predicted molar refractivity (Wildman–Crippen MR) is 120 cm³/mol. The molecule has 0 saturated carbocycles. The van der Waals surface area contributed by atoms with E-state index in [9.17, 15) is 13.2 Å². The standard InChI is InChI=1S/C20H19N5O5S2/c1-11-20(31-12(2)23-11)32(27,28)24-15-7-14(8-22-18(15)30-4)13-5-6-17-21-9-16(29-3)19(26)25(17)10-13/h5-10,24H,1-4H3. The van der Waals surface area contributed by atoms with Crippen LogP contribution in [0.25, 0.3) is 16.8 Å². The van der Waals surface area contributed by atoms with Crippen molar-refractivity contribution in [1.82, 2.24) is 19.4 Å². The lowest BCUT2D eigenvalue weighted by molar-refractivity contribution is 0.400. The van der Waals surface area contributed by atoms with E-state index in [0.29, 0.717) is 27.5 Å². The molecule has 4 aromatic rings. The second-order valence-corrected chi connectivity index (χ2v) is 9.85. The highest BCUT2D eigenvalue weighted by Crippen LogP contribution is 2.32. The molecule has 0 amide bonds. The van der Waals surface area contributed by atoms with Gasteiger partial charge in [0, 0.05) is 23.5 Å². The summed E-state index contributed by atoms with van der Waals surface area (Å²) in [6.45, 7) is 3.38. The summed E-state index contributed by atoms with van der Waals surface area (Å²) in [5.74, 6) is 0.216. The van der Waals surface area contributed by atoms with Gasteiger partial charge >= 0.3 is 0 Å². The van der Waals surface area contributed by atoms with Crippen LogP contribution < -0.4 is 19.8 Å². The van der Waals surface area contributed by atoms with Gasteiger partial charge in [-0.15, -0.1) is 11.3 Å². The van der Waals surface area contributed by atoms with Gasteiger partial charge in [-0.25, -0.2) is 23.4 Å². The summed E-state index contributed by atoms with van der Waals surface area (Å²) >= 11 is 1.08. The third-order valence-electron chi connectivity index (χ3n) is 4.62. The first-order valence-corrected chi connectivity index (χ1v) is 11.6. The molecule has 4 rings (SSSR count). The van der Waals surface area contributed by atoms with Gasteiger partial charge in [0.05, 0.1) is 31.1 Å². The first-order valence-electron chi connectivity index (χ1n) is 9.30. The number of anilines is 1. The summed E-state index contributed by atoms with van der Waals surface area (Å²) in [6.07, 6.45) is 4.48. The smallest absolute Gasteiger partial charge is 0.300 e. The lowest BCUT2D eigenvalue weighted by Crippen LogP contribution is -2.16. The minimum atomic E-state index is -3.90. The van der Waals surface area contributed by atoms with Crippen LogP contribution in [0.5, 0.6) is 11.6 Å². The molecule has 32 heavy (non-hydrogen) atoms. The van der Waals surface area contributed by atoms with Gasteiger partial charge in [0.1, 0.15) is 11.3 Å². The SMILES string of the molecule is COc1ncc(-c2ccc3ncc(OC)c(=O)n3c2)cc1NS(=O)(=O)c1sc(C)nc1C. The van der Waals surface area contributed by atoms with Crippen LogP contribution >= 0.6 is 11.3 Å². The van der Waals surface area contributed by atoms with Crippen LogP contribution in [0.2, 0.25) is 0 Å². The third kappa shape index (κ3) is 3.89. The zero-order chi connectivity index (χ0) is 23.0. The molecule has 0 radical (unpaired) electrons. The van der Waals surface area contributed by atoms with Crippen molar-refractivity contribution in [3.63, 3.8) is 0 Å². The Kier molecular flexibility index (Phi) is 5.57. The molecule has 0 aliphatic heterocycles. The van der Waals surface area contributed by atoms with E-state index >= 15 is 0 Å². The Morgan fingerprint density at radius 3 is 2.50 bits per heavy atom. The van der Waals surface area contributed by atoms with Crippen molar-refractivity contribution in [3.8, 4) is 22.8 Å². The highest BCUT2D eigenvalue weighted by molar-refractivity contribution is 7.94. The summed E-state index contributed by atoms with van der Waals surface area (Å²) in [5, 5.41) is 0.646. The van der Waals surface area contributed by atoms with E-state index in [2.05, 4.69) is 19.7 Å². The Balaban J connectivity index is 1.79. The van der Waals surface area contributed by atoms with E-state index in [1.165, 1.54) is 31.0 Å². The second-order valence-electron chi connectivity index (χ2n) is 6.77. The van der Waals surface area contributed by atoms with Gasteiger partial charge in [-0.2, -0.15) is 0 Å². The molecule has 0 aliphatic rings. The van der Waals surface area contributed by atoms with E-state index < -0.39 is 10.0 Å². The van der Waals surface area contributed by atoms with E-state index in [1.54, 1.807) is 38.2 Å². The summed E-state index contributed by atoms with van der Waals surface area (Å²) in [6, 6.07) is 5.02. The molecule has 1 N–H and O–H groups in total. The highest BCUT2D eigenvalue weighted by Gasteiger charge is 2.23. The summed E-state index contributed by atoms with van der Waals surface area (Å²) in [5.41, 5.74) is 1.84. The topological polar surface area (TPSA) is 125 Å². The van der Waals surface area contributed by atoms with Crippen molar-refractivity contribution in [2.45, 2.75) is 18.1 Å². The number of aryl methyl sites for hydroxylation is 2. The molecule has 0 saturated heterocycles. The summed E-state index contributed by atoms with van der Waals surface area (Å²) in [4.78, 5) is 25.2. The van der Waals surface area contributed by atoms with Crippen LogP contribution in [-0.4, -0.2) is 42.0 Å². The van der Waals surface area contributed by atoms with Crippen LogP contribution in [0.4, 0.5) is 5.69 Å². The zero-order valence-electron chi connectivity index (χ0n) is 17.6. The van der Waals surface area contributed by atoms with Gasteiger partial charge in [0.2, 0.25) is 11.6 Å². The van der Waals surface area contributed by atoms with Crippen LogP contribution in [-0.2, 0) is 10.0 Å². The summed E-state index contributed by atoms with van der Waals surface area (Å²) in [7, 11) is -1.11. The molecule has 0 bridgehead atoms. The molecule has 0 unspecified atom stereocenters. The Labute approximate surface area is 187 Å². The second kappa shape index (κ2) is 8.20. The number of methoxy groups -OCH3 is 2. The number of sulfonamides is 1. The van der Waals surface area contributed by atoms with Crippen LogP contribution in [0.3, 0.4) is 0 Å². The van der Waals surface area contributed by atoms with Crippen molar-refractivity contribution in [2.75, 3.05) is 18.9 Å². The first kappa shape index (κ1) is 21.7. The minimum Gasteiger partial charge on any atom is -0.490 e. The van der Waals surface area contributed by atoms with Gasteiger partial charge < -0.3 is 9.47 Å². The fraction of sp³-hybridized carbons (Fsp3) is 0.200. The largest absolute Gasteiger partial charge is 0.490 e. The molecule has 0 spiro atoms. The van der Waals surface area contributed by atoms with E-state index in [0.717, 1.165) is 11.3 Å². The number of hydrogen-bond donors (Lipinski definition) is 1. The van der Waals surface area contributed by atoms with Gasteiger partial charge in [0.25, 0.3) is 15.6 Å². The maximum absolute atomic E-state index is 13.0. The number of hydrogen-bond acceptors (Lipinski definition) is 9. The maximum Gasteiger partial charge on any atom is 0.300 e. The molecule has 10 nitrogen and oxygen atoms in total. The molecule has 0 aliphatic carbocycles. The van der Waals surface area contributed by atoms with Crippen molar-refractivity contribution in [1.29, 1.82) is 0 Å². The Morgan fingerprint density at radius 2 is 1.84 bits per heavy atom. The lowest BCUT2D eigenvalue weighted by atomic mass is 10.1. The monoisotopic (exact) mass is 473 g/mol. The molecular weight excluding hydrogens is 454 g/mol. The van der Waals surface area contributed by atoms with Crippen LogP contribution in [0.1, 0.15) is 10.7 Å². The maximum atomic E-state index is 13.0. The molecule has 0 atom stereocenters. The molecular formula is C20H19N5O5S2. The highest BCUT2D eigenvalue weighted by atomic mass is 32.2. The number of thiazole rings is 1. The van der Waals surface area contributed by atoms with Gasteiger partial charge in [-0.1, -0.05) is 0 Å². The van der Waals surface area contributed by atoms with Crippen molar-refractivity contribution >= 4 is 32.7 Å². The number of nitrogens with zero attached hydrogens (tertiary/aromatic N) is 4. The fourth-order valence-corrected chi connectivity index (χ4v) is 5.70. The lowest BCUT2D eigenvalue weighted by Gasteiger charge is -2.12. The molecule has 4 aromatic heterocycles. The van der Waals surface area contributed by atoms with Gasteiger partial charge in [-0.05, 0) is 32.0 Å². The van der Waals surface area contributed by atoms with Crippen molar-refractivity contribution in [3.05, 3.63) is 57.8 Å². The third-order valence-corrected chi connectivity index (χ3v) is 7.67. The molecule has 12 heteroatoms. The number of nitrogens with one attached hydrogen (secondary N) is 1. The average molecular weight is 474 g/mol. The fourth-order valence-electron chi connectivity index (χ4n) is 3.17. The molecule has 4 heterocycles. The van der Waals surface area contributed by atoms with E-state index in [1.807, 2.05) is 0 Å². The quantitative estimate of drug-likeness (QED) is 0.453. The Morgan fingerprint density at radius 1 is 1.06 bits per heavy atom. The van der Waals surface area contributed by atoms with Crippen LogP contribution in [0.15, 0.2) is 45.8 Å². The Hall–Kier alpha value is -3.51. The number of ether oxygens (including phenoxy) is 2. The normalized spacial score (nSPS) is 11.5.